The van der Waals surface area contributed by atoms with Gasteiger partial charge in [-0.3, -0.25) is 4.79 Å². The third kappa shape index (κ3) is 3.20. The van der Waals surface area contributed by atoms with Crippen molar-refractivity contribution in [1.29, 1.82) is 0 Å². The predicted octanol–water partition coefficient (Wildman–Crippen LogP) is 4.26. The van der Waals surface area contributed by atoms with Gasteiger partial charge in [-0.05, 0) is 19.4 Å². The van der Waals surface area contributed by atoms with E-state index in [1.165, 1.54) is 6.07 Å². The smallest absolute Gasteiger partial charge is 0.268 e. The molecule has 0 saturated carbocycles. The van der Waals surface area contributed by atoms with Crippen LogP contribution in [0.15, 0.2) is 40.8 Å². The molecule has 0 spiro atoms. The number of amides is 1. The molecule has 5 heteroatoms. The first-order valence-electron chi connectivity index (χ1n) is 8.21. The number of hydrogen-bond acceptors (Lipinski definition) is 2. The fourth-order valence-corrected chi connectivity index (χ4v) is 2.79. The van der Waals surface area contributed by atoms with Gasteiger partial charge in [-0.1, -0.05) is 31.5 Å². The van der Waals surface area contributed by atoms with Crippen molar-refractivity contribution in [2.24, 2.45) is 0 Å². The van der Waals surface area contributed by atoms with Crippen LogP contribution in [0.4, 0.5) is 4.39 Å². The number of hydrogen-bond donors (Lipinski definition) is 1. The first kappa shape index (κ1) is 16.3. The van der Waals surface area contributed by atoms with E-state index < -0.39 is 0 Å². The summed E-state index contributed by atoms with van der Waals surface area (Å²) >= 11 is 0. The molecule has 2 heterocycles. The summed E-state index contributed by atoms with van der Waals surface area (Å²) in [6.07, 6.45) is 1.94. The Labute approximate surface area is 140 Å². The van der Waals surface area contributed by atoms with E-state index in [2.05, 4.69) is 12.2 Å². The Morgan fingerprint density at radius 3 is 2.83 bits per heavy atom. The van der Waals surface area contributed by atoms with Crippen LogP contribution in [-0.2, 0) is 6.54 Å². The van der Waals surface area contributed by atoms with E-state index in [0.717, 1.165) is 24.1 Å². The van der Waals surface area contributed by atoms with E-state index >= 15 is 0 Å². The van der Waals surface area contributed by atoms with Crippen molar-refractivity contribution in [3.05, 3.63) is 59.2 Å². The van der Waals surface area contributed by atoms with Gasteiger partial charge in [-0.2, -0.15) is 0 Å². The van der Waals surface area contributed by atoms with E-state index in [4.69, 9.17) is 4.42 Å². The summed E-state index contributed by atoms with van der Waals surface area (Å²) in [4.78, 5) is 12.5. The minimum atomic E-state index is -0.281. The van der Waals surface area contributed by atoms with E-state index in [9.17, 15) is 9.18 Å². The number of benzene rings is 1. The minimum absolute atomic E-state index is 0.163. The number of aromatic nitrogens is 1. The normalized spacial score (nSPS) is 11.1. The zero-order chi connectivity index (χ0) is 17.1. The van der Waals surface area contributed by atoms with Crippen LogP contribution in [-0.4, -0.2) is 17.0 Å². The molecular weight excluding hydrogens is 307 g/mol. The first-order valence-corrected chi connectivity index (χ1v) is 8.21. The van der Waals surface area contributed by atoms with Crippen LogP contribution >= 0.6 is 0 Å². The number of unbranched alkanes of at least 4 members (excludes halogenated alkanes) is 1. The number of nitrogens with one attached hydrogen (secondary N) is 1. The van der Waals surface area contributed by atoms with E-state index in [-0.39, 0.29) is 18.3 Å². The van der Waals surface area contributed by atoms with Gasteiger partial charge >= 0.3 is 0 Å². The second-order valence-corrected chi connectivity index (χ2v) is 5.92. The number of nitrogens with zero attached hydrogens (tertiary/aromatic N) is 1. The molecule has 0 aliphatic heterocycles. The van der Waals surface area contributed by atoms with Gasteiger partial charge in [0.1, 0.15) is 17.3 Å². The fourth-order valence-electron chi connectivity index (χ4n) is 2.79. The molecule has 1 amide bonds. The first-order chi connectivity index (χ1) is 11.6. The molecule has 3 rings (SSSR count). The highest BCUT2D eigenvalue weighted by atomic mass is 19.1. The van der Waals surface area contributed by atoms with Crippen LogP contribution in [0.2, 0.25) is 0 Å². The molecule has 1 N–H and O–H groups in total. The Balaban J connectivity index is 1.98. The quantitative estimate of drug-likeness (QED) is 0.687. The van der Waals surface area contributed by atoms with Crippen molar-refractivity contribution in [3.63, 3.8) is 0 Å². The summed E-state index contributed by atoms with van der Waals surface area (Å²) in [7, 11) is 0. The number of aryl methyl sites for hydroxylation is 1. The molecule has 0 atom stereocenters. The summed E-state index contributed by atoms with van der Waals surface area (Å²) in [5.41, 5.74) is 2.47. The maximum atomic E-state index is 14.0. The second kappa shape index (κ2) is 6.91. The molecule has 0 saturated heterocycles. The minimum Gasteiger partial charge on any atom is -0.460 e. The lowest BCUT2D eigenvalue weighted by molar-refractivity contribution is 0.0944. The Morgan fingerprint density at radius 1 is 1.29 bits per heavy atom. The average Bonchev–Trinajstić information content (AvgIpc) is 3.07. The van der Waals surface area contributed by atoms with Crippen molar-refractivity contribution < 1.29 is 13.6 Å². The van der Waals surface area contributed by atoms with Crippen molar-refractivity contribution in [2.75, 3.05) is 6.54 Å². The molecule has 2 aromatic heterocycles. The largest absolute Gasteiger partial charge is 0.460 e. The highest BCUT2D eigenvalue weighted by molar-refractivity contribution is 5.97. The number of rotatable bonds is 6. The Hall–Kier alpha value is -2.56. The van der Waals surface area contributed by atoms with Crippen LogP contribution in [0.25, 0.3) is 11.1 Å². The number of carbonyl (C=O) groups excluding carboxylic acids is 1. The van der Waals surface area contributed by atoms with E-state index in [0.29, 0.717) is 23.4 Å². The number of fused-ring (bicyclic) bond motifs is 1. The van der Waals surface area contributed by atoms with E-state index in [1.54, 1.807) is 24.3 Å². The standard InChI is InChI=1S/C19H21FN2O2/c1-3-4-9-21-19(23)17-11-18-16(10-13(2)24-18)22(17)12-14-7-5-6-8-15(14)20/h5-8,10-11H,3-4,9,12H2,1-2H3,(H,21,23). The molecule has 24 heavy (non-hydrogen) atoms. The zero-order valence-electron chi connectivity index (χ0n) is 13.9. The van der Waals surface area contributed by atoms with Crippen LogP contribution in [0.1, 0.15) is 41.6 Å². The van der Waals surface area contributed by atoms with Gasteiger partial charge in [0.2, 0.25) is 0 Å². The van der Waals surface area contributed by atoms with Crippen LogP contribution < -0.4 is 5.32 Å². The molecule has 1 aromatic carbocycles. The highest BCUT2D eigenvalue weighted by Crippen LogP contribution is 2.25. The fraction of sp³-hybridized carbons (Fsp3) is 0.316. The number of halogens is 1. The van der Waals surface area contributed by atoms with Gasteiger partial charge in [0.15, 0.2) is 5.58 Å². The molecule has 0 aliphatic rings. The van der Waals surface area contributed by atoms with Crippen LogP contribution in [0.5, 0.6) is 0 Å². The van der Waals surface area contributed by atoms with Gasteiger partial charge in [-0.25, -0.2) is 4.39 Å². The van der Waals surface area contributed by atoms with Gasteiger partial charge in [0.25, 0.3) is 5.91 Å². The van der Waals surface area contributed by atoms with Gasteiger partial charge in [-0.15, -0.1) is 0 Å². The van der Waals surface area contributed by atoms with Crippen molar-refractivity contribution in [3.8, 4) is 0 Å². The van der Waals surface area contributed by atoms with Crippen LogP contribution in [0, 0.1) is 12.7 Å². The molecule has 126 valence electrons. The maximum absolute atomic E-state index is 14.0. The van der Waals surface area contributed by atoms with Gasteiger partial charge in [0.05, 0.1) is 12.1 Å². The summed E-state index contributed by atoms with van der Waals surface area (Å²) in [5.74, 6) is 0.320. The molecule has 3 aromatic rings. The predicted molar refractivity (Wildman–Crippen MR) is 91.7 cm³/mol. The lowest BCUT2D eigenvalue weighted by Crippen LogP contribution is -2.27. The van der Waals surface area contributed by atoms with Gasteiger partial charge < -0.3 is 14.3 Å². The van der Waals surface area contributed by atoms with Crippen molar-refractivity contribution in [1.82, 2.24) is 9.88 Å². The third-order valence-corrected chi connectivity index (χ3v) is 4.05. The summed E-state index contributed by atoms with van der Waals surface area (Å²) in [5, 5.41) is 2.91. The van der Waals surface area contributed by atoms with Crippen molar-refractivity contribution >= 4 is 17.0 Å². The molecule has 0 radical (unpaired) electrons. The maximum Gasteiger partial charge on any atom is 0.268 e. The van der Waals surface area contributed by atoms with Gasteiger partial charge in [0, 0.05) is 24.2 Å². The average molecular weight is 328 g/mol. The van der Waals surface area contributed by atoms with Crippen molar-refractivity contribution in [2.45, 2.75) is 33.2 Å². The third-order valence-electron chi connectivity index (χ3n) is 4.05. The second-order valence-electron chi connectivity index (χ2n) is 5.92. The molecule has 0 bridgehead atoms. The summed E-state index contributed by atoms with van der Waals surface area (Å²) in [6.45, 7) is 4.84. The summed E-state index contributed by atoms with van der Waals surface area (Å²) in [6, 6.07) is 10.2. The molecule has 0 aliphatic carbocycles. The number of carbonyl (C=O) groups is 1. The molecule has 0 unspecified atom stereocenters. The monoisotopic (exact) mass is 328 g/mol. The lowest BCUT2D eigenvalue weighted by Gasteiger charge is -2.11. The Morgan fingerprint density at radius 2 is 2.08 bits per heavy atom. The lowest BCUT2D eigenvalue weighted by atomic mass is 10.2. The Bertz CT molecular complexity index is 864. The molecule has 4 nitrogen and oxygen atoms in total. The van der Waals surface area contributed by atoms with E-state index in [1.807, 2.05) is 17.6 Å². The molecule has 0 fully saturated rings. The summed E-state index contributed by atoms with van der Waals surface area (Å²) < 4.78 is 21.5. The zero-order valence-corrected chi connectivity index (χ0v) is 13.9. The highest BCUT2D eigenvalue weighted by Gasteiger charge is 2.19. The molecular formula is C19H21FN2O2. The van der Waals surface area contributed by atoms with Crippen LogP contribution in [0.3, 0.4) is 0 Å². The topological polar surface area (TPSA) is 47.2 Å². The number of furan rings is 1. The Kier molecular flexibility index (Phi) is 4.69. The SMILES string of the molecule is CCCCNC(=O)c1cc2oc(C)cc2n1Cc1ccccc1F.